The van der Waals surface area contributed by atoms with Crippen LogP contribution in [0.4, 0.5) is 0 Å². The third-order valence-corrected chi connectivity index (χ3v) is 3.78. The molecule has 0 aromatic rings. The quantitative estimate of drug-likeness (QED) is 0.661. The first-order chi connectivity index (χ1) is 7.13. The molecule has 1 fully saturated rings. The van der Waals surface area contributed by atoms with Crippen LogP contribution in [0.3, 0.4) is 0 Å². The smallest absolute Gasteiger partial charge is 0.0578 e. The van der Waals surface area contributed by atoms with Crippen LogP contribution in [0.5, 0.6) is 0 Å². The Kier molecular flexibility index (Phi) is 5.66. The van der Waals surface area contributed by atoms with Gasteiger partial charge in [0.05, 0.1) is 6.10 Å². The van der Waals surface area contributed by atoms with Crippen molar-refractivity contribution in [2.75, 3.05) is 6.61 Å². The molecule has 15 heavy (non-hydrogen) atoms. The molecular formula is C14H28O. The summed E-state index contributed by atoms with van der Waals surface area (Å²) in [4.78, 5) is 0. The molecule has 90 valence electrons. The monoisotopic (exact) mass is 212 g/mol. The molecule has 1 heteroatoms. The second kappa shape index (κ2) is 6.52. The van der Waals surface area contributed by atoms with E-state index in [1.54, 1.807) is 0 Å². The van der Waals surface area contributed by atoms with Crippen LogP contribution in [0, 0.1) is 17.8 Å². The van der Waals surface area contributed by atoms with Crippen LogP contribution < -0.4 is 0 Å². The van der Waals surface area contributed by atoms with Gasteiger partial charge in [-0.05, 0) is 30.6 Å². The van der Waals surface area contributed by atoms with E-state index in [1.807, 2.05) is 0 Å². The third kappa shape index (κ3) is 4.55. The van der Waals surface area contributed by atoms with Gasteiger partial charge in [-0.15, -0.1) is 0 Å². The van der Waals surface area contributed by atoms with Gasteiger partial charge in [-0.1, -0.05) is 47.0 Å². The summed E-state index contributed by atoms with van der Waals surface area (Å²) in [5.41, 5.74) is 0. The molecule has 0 N–H and O–H groups in total. The molecule has 1 aliphatic carbocycles. The molecule has 3 atom stereocenters. The Bertz CT molecular complexity index is 165. The van der Waals surface area contributed by atoms with E-state index in [0.717, 1.165) is 18.4 Å². The van der Waals surface area contributed by atoms with E-state index in [1.165, 1.54) is 32.1 Å². The second-order valence-corrected chi connectivity index (χ2v) is 5.66. The molecular weight excluding hydrogens is 184 g/mol. The molecule has 1 nitrogen and oxygen atoms in total. The van der Waals surface area contributed by atoms with Gasteiger partial charge in [0.1, 0.15) is 0 Å². The van der Waals surface area contributed by atoms with Crippen LogP contribution in [0.25, 0.3) is 0 Å². The topological polar surface area (TPSA) is 9.23 Å². The fourth-order valence-electron chi connectivity index (χ4n) is 2.51. The van der Waals surface area contributed by atoms with Crippen molar-refractivity contribution in [2.24, 2.45) is 17.8 Å². The van der Waals surface area contributed by atoms with Crippen molar-refractivity contribution in [3.63, 3.8) is 0 Å². The average molecular weight is 212 g/mol. The molecule has 0 radical (unpaired) electrons. The maximum Gasteiger partial charge on any atom is 0.0578 e. The molecule has 1 aliphatic rings. The second-order valence-electron chi connectivity index (χ2n) is 5.66. The van der Waals surface area contributed by atoms with Gasteiger partial charge in [0.25, 0.3) is 0 Å². The Morgan fingerprint density at radius 3 is 2.53 bits per heavy atom. The molecule has 0 aliphatic heterocycles. The molecule has 0 aromatic heterocycles. The molecule has 0 heterocycles. The maximum absolute atomic E-state index is 5.97. The minimum Gasteiger partial charge on any atom is -0.378 e. The standard InChI is InChI=1S/C14H28O/c1-5-12(4)13-7-6-8-14(9-13)15-10-11(2)3/h11-14H,5-10H2,1-4H3. The summed E-state index contributed by atoms with van der Waals surface area (Å²) in [5.74, 6) is 2.48. The first kappa shape index (κ1) is 13.0. The summed E-state index contributed by atoms with van der Waals surface area (Å²) in [5, 5.41) is 0. The Morgan fingerprint density at radius 1 is 1.20 bits per heavy atom. The first-order valence-corrected chi connectivity index (χ1v) is 6.75. The van der Waals surface area contributed by atoms with E-state index in [2.05, 4.69) is 27.7 Å². The maximum atomic E-state index is 5.97. The molecule has 0 amide bonds. The van der Waals surface area contributed by atoms with Crippen LogP contribution >= 0.6 is 0 Å². The van der Waals surface area contributed by atoms with Gasteiger partial charge in [0.15, 0.2) is 0 Å². The number of hydrogen-bond donors (Lipinski definition) is 0. The van der Waals surface area contributed by atoms with Gasteiger partial charge < -0.3 is 4.74 Å². The molecule has 1 saturated carbocycles. The van der Waals surface area contributed by atoms with E-state index < -0.39 is 0 Å². The van der Waals surface area contributed by atoms with Crippen LogP contribution in [0.1, 0.15) is 59.8 Å². The highest BCUT2D eigenvalue weighted by Gasteiger charge is 2.25. The van der Waals surface area contributed by atoms with Crippen molar-refractivity contribution in [1.29, 1.82) is 0 Å². The van der Waals surface area contributed by atoms with E-state index in [4.69, 9.17) is 4.74 Å². The van der Waals surface area contributed by atoms with Crippen LogP contribution in [0.2, 0.25) is 0 Å². The lowest BCUT2D eigenvalue weighted by Crippen LogP contribution is -2.27. The molecule has 3 unspecified atom stereocenters. The van der Waals surface area contributed by atoms with Crippen LogP contribution in [0.15, 0.2) is 0 Å². The summed E-state index contributed by atoms with van der Waals surface area (Å²) in [6.07, 6.45) is 7.28. The minimum atomic E-state index is 0.556. The molecule has 0 aromatic carbocycles. The fraction of sp³-hybridized carbons (Fsp3) is 1.00. The summed E-state index contributed by atoms with van der Waals surface area (Å²) in [6, 6.07) is 0. The summed E-state index contributed by atoms with van der Waals surface area (Å²) < 4.78 is 5.97. The molecule has 0 bridgehead atoms. The zero-order chi connectivity index (χ0) is 11.3. The van der Waals surface area contributed by atoms with Crippen molar-refractivity contribution in [2.45, 2.75) is 65.9 Å². The predicted octanol–water partition coefficient (Wildman–Crippen LogP) is 4.26. The Morgan fingerprint density at radius 2 is 1.93 bits per heavy atom. The van der Waals surface area contributed by atoms with Crippen molar-refractivity contribution in [1.82, 2.24) is 0 Å². The van der Waals surface area contributed by atoms with Crippen LogP contribution in [-0.2, 0) is 4.74 Å². The lowest BCUT2D eigenvalue weighted by Gasteiger charge is -2.33. The zero-order valence-electron chi connectivity index (χ0n) is 11.0. The first-order valence-electron chi connectivity index (χ1n) is 6.75. The van der Waals surface area contributed by atoms with Crippen molar-refractivity contribution < 1.29 is 4.74 Å². The lowest BCUT2D eigenvalue weighted by atomic mass is 9.78. The Balaban J connectivity index is 2.29. The molecule has 0 saturated heterocycles. The van der Waals surface area contributed by atoms with Gasteiger partial charge in [0.2, 0.25) is 0 Å². The average Bonchev–Trinajstić information content (AvgIpc) is 2.25. The predicted molar refractivity (Wildman–Crippen MR) is 66.0 cm³/mol. The van der Waals surface area contributed by atoms with E-state index in [-0.39, 0.29) is 0 Å². The number of hydrogen-bond acceptors (Lipinski definition) is 1. The van der Waals surface area contributed by atoms with Gasteiger partial charge in [0, 0.05) is 6.61 Å². The summed E-state index contributed by atoms with van der Waals surface area (Å²) >= 11 is 0. The summed E-state index contributed by atoms with van der Waals surface area (Å²) in [7, 11) is 0. The van der Waals surface area contributed by atoms with Crippen molar-refractivity contribution in [3.8, 4) is 0 Å². The number of ether oxygens (including phenoxy) is 1. The third-order valence-electron chi connectivity index (χ3n) is 3.78. The molecule has 1 rings (SSSR count). The van der Waals surface area contributed by atoms with Gasteiger partial charge >= 0.3 is 0 Å². The normalized spacial score (nSPS) is 29.4. The van der Waals surface area contributed by atoms with Gasteiger partial charge in [-0.25, -0.2) is 0 Å². The van der Waals surface area contributed by atoms with Crippen molar-refractivity contribution >= 4 is 0 Å². The highest BCUT2D eigenvalue weighted by Crippen LogP contribution is 2.33. The zero-order valence-corrected chi connectivity index (χ0v) is 11.0. The Labute approximate surface area is 95.6 Å². The lowest BCUT2D eigenvalue weighted by molar-refractivity contribution is -0.00774. The minimum absolute atomic E-state index is 0.556. The Hall–Kier alpha value is -0.0400. The van der Waals surface area contributed by atoms with E-state index in [0.29, 0.717) is 12.0 Å². The highest BCUT2D eigenvalue weighted by atomic mass is 16.5. The van der Waals surface area contributed by atoms with Gasteiger partial charge in [-0.3, -0.25) is 0 Å². The van der Waals surface area contributed by atoms with Gasteiger partial charge in [-0.2, -0.15) is 0 Å². The largest absolute Gasteiger partial charge is 0.378 e. The van der Waals surface area contributed by atoms with E-state index in [9.17, 15) is 0 Å². The number of rotatable bonds is 5. The van der Waals surface area contributed by atoms with Crippen LogP contribution in [-0.4, -0.2) is 12.7 Å². The summed E-state index contributed by atoms with van der Waals surface area (Å²) in [6.45, 7) is 10.1. The SMILES string of the molecule is CCC(C)C1CCCC(OCC(C)C)C1. The van der Waals surface area contributed by atoms with Crippen molar-refractivity contribution in [3.05, 3.63) is 0 Å². The van der Waals surface area contributed by atoms with E-state index >= 15 is 0 Å². The highest BCUT2D eigenvalue weighted by molar-refractivity contribution is 4.76. The fourth-order valence-corrected chi connectivity index (χ4v) is 2.51. The molecule has 0 spiro atoms.